The molecule has 7 heteroatoms. The molecule has 0 aromatic heterocycles. The van der Waals surface area contributed by atoms with Gasteiger partial charge in [0.1, 0.15) is 18.0 Å². The maximum atomic E-state index is 12.3. The number of amides is 2. The van der Waals surface area contributed by atoms with Gasteiger partial charge in [0.2, 0.25) is 5.91 Å². The number of hydrogen-bond acceptors (Lipinski definition) is 5. The van der Waals surface area contributed by atoms with Gasteiger partial charge in [-0.2, -0.15) is 0 Å². The van der Waals surface area contributed by atoms with Gasteiger partial charge in [-0.1, -0.05) is 18.2 Å². The molecule has 2 fully saturated rings. The van der Waals surface area contributed by atoms with E-state index in [0.29, 0.717) is 45.6 Å². The molecular formula is C19H27N3O4. The lowest BCUT2D eigenvalue weighted by Gasteiger charge is -2.38. The van der Waals surface area contributed by atoms with Gasteiger partial charge < -0.3 is 24.6 Å². The molecular weight excluding hydrogens is 334 g/mol. The number of nitrogens with one attached hydrogen (secondary N) is 1. The van der Waals surface area contributed by atoms with Crippen LogP contribution in [0.1, 0.15) is 19.8 Å². The first-order chi connectivity index (χ1) is 12.5. The number of carbonyl (C=O) groups is 2. The second-order valence-corrected chi connectivity index (χ2v) is 6.97. The van der Waals surface area contributed by atoms with Crippen LogP contribution in [0.15, 0.2) is 30.3 Å². The summed E-state index contributed by atoms with van der Waals surface area (Å²) in [6.07, 6.45) is 1.07. The van der Waals surface area contributed by atoms with E-state index in [9.17, 15) is 9.59 Å². The van der Waals surface area contributed by atoms with Crippen LogP contribution in [-0.4, -0.2) is 73.3 Å². The monoisotopic (exact) mass is 361 g/mol. The molecule has 2 saturated heterocycles. The number of hydrogen-bond donors (Lipinski definition) is 1. The third-order valence-corrected chi connectivity index (χ3v) is 5.20. The Morgan fingerprint density at radius 3 is 2.65 bits per heavy atom. The fraction of sp³-hybridized carbons (Fsp3) is 0.579. The fourth-order valence-electron chi connectivity index (χ4n) is 3.45. The molecule has 2 aliphatic rings. The highest BCUT2D eigenvalue weighted by Gasteiger charge is 2.47. The summed E-state index contributed by atoms with van der Waals surface area (Å²) in [5.41, 5.74) is -0.469. The quantitative estimate of drug-likeness (QED) is 0.831. The Bertz CT molecular complexity index is 629. The molecule has 1 N–H and O–H groups in total. The number of rotatable bonds is 6. The van der Waals surface area contributed by atoms with Gasteiger partial charge in [-0.05, 0) is 26.1 Å². The predicted octanol–water partition coefficient (Wildman–Crippen LogP) is 1.49. The van der Waals surface area contributed by atoms with Crippen LogP contribution in [0.3, 0.4) is 0 Å². The third-order valence-electron chi connectivity index (χ3n) is 5.20. The van der Waals surface area contributed by atoms with Crippen LogP contribution in [0.25, 0.3) is 0 Å². The van der Waals surface area contributed by atoms with Gasteiger partial charge in [0.25, 0.3) is 0 Å². The summed E-state index contributed by atoms with van der Waals surface area (Å²) < 4.78 is 11.4. The molecule has 1 atom stereocenters. The minimum absolute atomic E-state index is 0.0970. The number of benzene rings is 1. The van der Waals surface area contributed by atoms with E-state index < -0.39 is 5.60 Å². The molecule has 0 bridgehead atoms. The number of nitrogens with zero attached hydrogens (tertiary/aromatic N) is 2. The van der Waals surface area contributed by atoms with Gasteiger partial charge in [-0.15, -0.1) is 0 Å². The standard InChI is InChI=1S/C19H27N3O4/c1-15(20-2)17(23)21-10-8-19(9-11-21)14-22(18(24)26-19)12-13-25-16-6-4-3-5-7-16/h3-7,15,20H,8-14H2,1-2H3/t15-/m0/s1. The van der Waals surface area contributed by atoms with Crippen molar-refractivity contribution >= 4 is 12.0 Å². The molecule has 0 radical (unpaired) electrons. The summed E-state index contributed by atoms with van der Waals surface area (Å²) in [5.74, 6) is 0.889. The highest BCUT2D eigenvalue weighted by atomic mass is 16.6. The molecule has 1 aromatic rings. The summed E-state index contributed by atoms with van der Waals surface area (Å²) in [4.78, 5) is 28.0. The number of carbonyl (C=O) groups excluding carboxylic acids is 2. The molecule has 2 heterocycles. The summed E-state index contributed by atoms with van der Waals surface area (Å²) in [6, 6.07) is 9.35. The Morgan fingerprint density at radius 2 is 2.00 bits per heavy atom. The maximum absolute atomic E-state index is 12.3. The van der Waals surface area contributed by atoms with Gasteiger partial charge in [0, 0.05) is 25.9 Å². The zero-order valence-electron chi connectivity index (χ0n) is 15.4. The van der Waals surface area contributed by atoms with E-state index in [0.717, 1.165) is 5.75 Å². The molecule has 7 nitrogen and oxygen atoms in total. The van der Waals surface area contributed by atoms with Crippen LogP contribution in [0, 0.1) is 0 Å². The van der Waals surface area contributed by atoms with Gasteiger partial charge in [-0.25, -0.2) is 4.79 Å². The van der Waals surface area contributed by atoms with E-state index in [1.54, 1.807) is 11.9 Å². The number of likely N-dealkylation sites (N-methyl/N-ethyl adjacent to an activating group) is 1. The highest BCUT2D eigenvalue weighted by Crippen LogP contribution is 2.33. The van der Waals surface area contributed by atoms with Crippen LogP contribution in [0.4, 0.5) is 4.79 Å². The van der Waals surface area contributed by atoms with Gasteiger partial charge in [0.05, 0.1) is 19.1 Å². The summed E-state index contributed by atoms with van der Waals surface area (Å²) >= 11 is 0. The van der Waals surface area contributed by atoms with E-state index >= 15 is 0 Å². The minimum Gasteiger partial charge on any atom is -0.492 e. The molecule has 1 aromatic carbocycles. The predicted molar refractivity (Wildman–Crippen MR) is 97.1 cm³/mol. The Kier molecular flexibility index (Phi) is 5.66. The Labute approximate surface area is 154 Å². The summed E-state index contributed by atoms with van der Waals surface area (Å²) in [7, 11) is 1.78. The molecule has 0 aliphatic carbocycles. The first-order valence-corrected chi connectivity index (χ1v) is 9.15. The smallest absolute Gasteiger partial charge is 0.410 e. The molecule has 0 unspecified atom stereocenters. The normalized spacial score (nSPS) is 20.2. The van der Waals surface area contributed by atoms with E-state index in [2.05, 4.69) is 5.32 Å². The Balaban J connectivity index is 1.48. The van der Waals surface area contributed by atoms with Crippen LogP contribution in [0.2, 0.25) is 0 Å². The third kappa shape index (κ3) is 4.09. The average Bonchev–Trinajstić information content (AvgIpc) is 2.97. The average molecular weight is 361 g/mol. The van der Waals surface area contributed by atoms with E-state index in [-0.39, 0.29) is 18.0 Å². The van der Waals surface area contributed by atoms with Crippen LogP contribution in [0.5, 0.6) is 5.75 Å². The van der Waals surface area contributed by atoms with Crippen molar-refractivity contribution < 1.29 is 19.1 Å². The molecule has 2 amide bonds. The molecule has 26 heavy (non-hydrogen) atoms. The number of likely N-dealkylation sites (tertiary alicyclic amines) is 1. The first kappa shape index (κ1) is 18.5. The highest BCUT2D eigenvalue weighted by molar-refractivity contribution is 5.81. The van der Waals surface area contributed by atoms with Crippen molar-refractivity contribution in [3.05, 3.63) is 30.3 Å². The lowest BCUT2D eigenvalue weighted by Crippen LogP contribution is -2.52. The van der Waals surface area contributed by atoms with Gasteiger partial charge in [-0.3, -0.25) is 4.79 Å². The molecule has 3 rings (SSSR count). The van der Waals surface area contributed by atoms with Crippen molar-refractivity contribution in [3.63, 3.8) is 0 Å². The largest absolute Gasteiger partial charge is 0.492 e. The SMILES string of the molecule is CN[C@@H](C)C(=O)N1CCC2(CC1)CN(CCOc1ccccc1)C(=O)O2. The Hall–Kier alpha value is -2.28. The fourth-order valence-corrected chi connectivity index (χ4v) is 3.45. The van der Waals surface area contributed by atoms with Crippen molar-refractivity contribution in [2.45, 2.75) is 31.4 Å². The molecule has 0 saturated carbocycles. The van der Waals surface area contributed by atoms with E-state index in [1.807, 2.05) is 42.2 Å². The molecule has 1 spiro atoms. The zero-order chi connectivity index (χ0) is 18.6. The van der Waals surface area contributed by atoms with Crippen LogP contribution >= 0.6 is 0 Å². The molecule has 142 valence electrons. The topological polar surface area (TPSA) is 71.1 Å². The lowest BCUT2D eigenvalue weighted by molar-refractivity contribution is -0.136. The van der Waals surface area contributed by atoms with Crippen molar-refractivity contribution in [2.24, 2.45) is 0 Å². The Morgan fingerprint density at radius 1 is 1.31 bits per heavy atom. The van der Waals surface area contributed by atoms with E-state index in [4.69, 9.17) is 9.47 Å². The summed E-state index contributed by atoms with van der Waals surface area (Å²) in [5, 5.41) is 2.98. The second-order valence-electron chi connectivity index (χ2n) is 6.97. The number of piperidine rings is 1. The minimum atomic E-state index is -0.469. The lowest BCUT2D eigenvalue weighted by atomic mass is 9.91. The van der Waals surface area contributed by atoms with Crippen molar-refractivity contribution in [3.8, 4) is 5.75 Å². The van der Waals surface area contributed by atoms with Crippen LogP contribution in [-0.2, 0) is 9.53 Å². The van der Waals surface area contributed by atoms with Crippen molar-refractivity contribution in [1.29, 1.82) is 0 Å². The van der Waals surface area contributed by atoms with Crippen molar-refractivity contribution in [1.82, 2.24) is 15.1 Å². The number of para-hydroxylation sites is 1. The van der Waals surface area contributed by atoms with Crippen LogP contribution < -0.4 is 10.1 Å². The molecule has 2 aliphatic heterocycles. The van der Waals surface area contributed by atoms with Gasteiger partial charge >= 0.3 is 6.09 Å². The number of ether oxygens (including phenoxy) is 2. The zero-order valence-corrected chi connectivity index (χ0v) is 15.4. The van der Waals surface area contributed by atoms with Crippen molar-refractivity contribution in [2.75, 3.05) is 39.8 Å². The first-order valence-electron chi connectivity index (χ1n) is 9.15. The summed E-state index contributed by atoms with van der Waals surface area (Å²) in [6.45, 7) is 4.58. The van der Waals surface area contributed by atoms with E-state index in [1.165, 1.54) is 0 Å². The maximum Gasteiger partial charge on any atom is 0.410 e. The van der Waals surface area contributed by atoms with Gasteiger partial charge in [0.15, 0.2) is 0 Å². The second kappa shape index (κ2) is 7.95.